The number of aromatic nitrogens is 2. The lowest BCUT2D eigenvalue weighted by molar-refractivity contribution is 0.100. The van der Waals surface area contributed by atoms with Gasteiger partial charge in [0.1, 0.15) is 23.0 Å². The van der Waals surface area contributed by atoms with Crippen LogP contribution >= 0.6 is 0 Å². The molecule has 6 nitrogen and oxygen atoms in total. The molecule has 5 aromatic rings. The molecule has 0 saturated heterocycles. The Morgan fingerprint density at radius 3 is 2.41 bits per heavy atom. The van der Waals surface area contributed by atoms with Crippen molar-refractivity contribution in [1.29, 1.82) is 0 Å². The van der Waals surface area contributed by atoms with Gasteiger partial charge in [-0.15, -0.1) is 0 Å². The van der Waals surface area contributed by atoms with E-state index in [1.807, 2.05) is 72.8 Å². The topological polar surface area (TPSA) is 63.7 Å². The van der Waals surface area contributed by atoms with Gasteiger partial charge in [0.05, 0.1) is 24.5 Å². The highest BCUT2D eigenvalue weighted by molar-refractivity contribution is 5.65. The molecule has 2 heterocycles. The van der Waals surface area contributed by atoms with Crippen LogP contribution in [0.25, 0.3) is 11.3 Å². The van der Waals surface area contributed by atoms with Crippen molar-refractivity contribution in [3.05, 3.63) is 126 Å². The molecule has 0 fully saturated rings. The van der Waals surface area contributed by atoms with Gasteiger partial charge in [-0.05, 0) is 29.8 Å². The zero-order valence-corrected chi connectivity index (χ0v) is 20.5. The lowest BCUT2D eigenvalue weighted by Gasteiger charge is -2.25. The first-order valence-corrected chi connectivity index (χ1v) is 12.1. The third kappa shape index (κ3) is 5.97. The number of aliphatic hydroxyl groups is 1. The maximum Gasteiger partial charge on any atom is 0.222 e. The number of benzene rings is 3. The quantitative estimate of drug-likeness (QED) is 0.244. The zero-order valence-electron chi connectivity index (χ0n) is 20.5. The number of furan rings is 1. The zero-order chi connectivity index (χ0) is 25.6. The van der Waals surface area contributed by atoms with Crippen LogP contribution in [0.3, 0.4) is 0 Å². The van der Waals surface area contributed by atoms with Crippen molar-refractivity contribution in [1.82, 2.24) is 14.7 Å². The van der Waals surface area contributed by atoms with E-state index in [1.54, 1.807) is 30.1 Å². The van der Waals surface area contributed by atoms with Gasteiger partial charge in [0.15, 0.2) is 0 Å². The van der Waals surface area contributed by atoms with Crippen LogP contribution in [0.5, 0.6) is 11.6 Å². The van der Waals surface area contributed by atoms with Gasteiger partial charge >= 0.3 is 0 Å². The summed E-state index contributed by atoms with van der Waals surface area (Å²) in [5.74, 6) is 1.28. The summed E-state index contributed by atoms with van der Waals surface area (Å²) in [6.07, 6.45) is 0.930. The van der Waals surface area contributed by atoms with E-state index in [0.29, 0.717) is 31.3 Å². The summed E-state index contributed by atoms with van der Waals surface area (Å²) < 4.78 is 27.4. The molecule has 1 atom stereocenters. The first-order valence-electron chi connectivity index (χ1n) is 12.1. The maximum atomic E-state index is 13.9. The Bertz CT molecular complexity index is 1420. The fourth-order valence-corrected chi connectivity index (χ4v) is 4.35. The van der Waals surface area contributed by atoms with Crippen molar-refractivity contribution in [3.63, 3.8) is 0 Å². The average molecular weight is 498 g/mol. The molecule has 5 rings (SSSR count). The molecular weight excluding hydrogens is 469 g/mol. The number of aliphatic hydroxyl groups excluding tert-OH is 1. The number of hydrogen-bond donors (Lipinski definition) is 1. The van der Waals surface area contributed by atoms with Gasteiger partial charge in [-0.25, -0.2) is 9.07 Å². The Morgan fingerprint density at radius 2 is 1.70 bits per heavy atom. The van der Waals surface area contributed by atoms with Crippen LogP contribution in [0.2, 0.25) is 0 Å². The number of aryl methyl sites for hydroxylation is 1. The highest BCUT2D eigenvalue weighted by Gasteiger charge is 2.24. The number of hydrogen-bond acceptors (Lipinski definition) is 5. The van der Waals surface area contributed by atoms with Gasteiger partial charge < -0.3 is 14.3 Å². The Kier molecular flexibility index (Phi) is 7.44. The van der Waals surface area contributed by atoms with Gasteiger partial charge in [-0.1, -0.05) is 66.7 Å². The number of halogens is 1. The summed E-state index contributed by atoms with van der Waals surface area (Å²) >= 11 is 0. The van der Waals surface area contributed by atoms with Gasteiger partial charge in [0, 0.05) is 31.8 Å². The predicted molar refractivity (Wildman–Crippen MR) is 139 cm³/mol. The van der Waals surface area contributed by atoms with E-state index in [4.69, 9.17) is 14.3 Å². The minimum Gasteiger partial charge on any atom is -0.468 e. The van der Waals surface area contributed by atoms with Crippen molar-refractivity contribution < 1.29 is 18.7 Å². The fraction of sp³-hybridized carbons (Fsp3) is 0.167. The fourth-order valence-electron chi connectivity index (χ4n) is 4.35. The smallest absolute Gasteiger partial charge is 0.222 e. The molecule has 0 aliphatic heterocycles. The van der Waals surface area contributed by atoms with Crippen molar-refractivity contribution in [2.45, 2.75) is 19.2 Å². The van der Waals surface area contributed by atoms with E-state index in [2.05, 4.69) is 4.90 Å². The SMILES string of the molecule is Cn1nc(-c2ccccc2)c(CN(Cc2ccco2)CC(O)c2ccccc2)c1Oc1cccc(F)c1. The van der Waals surface area contributed by atoms with E-state index in [9.17, 15) is 9.50 Å². The van der Waals surface area contributed by atoms with Crippen LogP contribution in [-0.2, 0) is 20.1 Å². The molecule has 0 aliphatic rings. The first kappa shape index (κ1) is 24.5. The molecule has 2 aromatic heterocycles. The summed E-state index contributed by atoms with van der Waals surface area (Å²) in [5.41, 5.74) is 3.35. The van der Waals surface area contributed by atoms with E-state index < -0.39 is 6.10 Å². The highest BCUT2D eigenvalue weighted by Crippen LogP contribution is 2.35. The first-order chi connectivity index (χ1) is 18.1. The van der Waals surface area contributed by atoms with E-state index in [0.717, 1.165) is 28.1 Å². The molecular formula is C30H28FN3O3. The van der Waals surface area contributed by atoms with Crippen molar-refractivity contribution in [3.8, 4) is 22.9 Å². The Balaban J connectivity index is 1.53. The lowest BCUT2D eigenvalue weighted by Crippen LogP contribution is -2.28. The summed E-state index contributed by atoms with van der Waals surface area (Å²) in [6, 6.07) is 29.2. The van der Waals surface area contributed by atoms with E-state index >= 15 is 0 Å². The van der Waals surface area contributed by atoms with Crippen molar-refractivity contribution >= 4 is 0 Å². The van der Waals surface area contributed by atoms with Gasteiger partial charge in [0.25, 0.3) is 0 Å². The molecule has 7 heteroatoms. The second-order valence-corrected chi connectivity index (χ2v) is 8.86. The largest absolute Gasteiger partial charge is 0.468 e. The molecule has 0 bridgehead atoms. The van der Waals surface area contributed by atoms with Gasteiger partial charge in [0.2, 0.25) is 5.88 Å². The van der Waals surface area contributed by atoms with Crippen LogP contribution in [-0.4, -0.2) is 26.3 Å². The van der Waals surface area contributed by atoms with Crippen molar-refractivity contribution in [2.75, 3.05) is 6.54 Å². The van der Waals surface area contributed by atoms with Gasteiger partial charge in [-0.3, -0.25) is 4.90 Å². The minimum atomic E-state index is -0.708. The van der Waals surface area contributed by atoms with Crippen LogP contribution in [0, 0.1) is 5.82 Å². The van der Waals surface area contributed by atoms with Crippen LogP contribution < -0.4 is 4.74 Å². The normalized spacial score (nSPS) is 12.1. The second kappa shape index (κ2) is 11.2. The van der Waals surface area contributed by atoms with E-state index in [-0.39, 0.29) is 5.82 Å². The molecule has 37 heavy (non-hydrogen) atoms. The van der Waals surface area contributed by atoms with Crippen LogP contribution in [0.1, 0.15) is 23.0 Å². The van der Waals surface area contributed by atoms with Crippen LogP contribution in [0.4, 0.5) is 4.39 Å². The molecule has 3 aromatic carbocycles. The third-order valence-electron chi connectivity index (χ3n) is 6.10. The molecule has 0 spiro atoms. The number of nitrogens with zero attached hydrogens (tertiary/aromatic N) is 3. The summed E-state index contributed by atoms with van der Waals surface area (Å²) in [4.78, 5) is 2.10. The Labute approximate surface area is 215 Å². The minimum absolute atomic E-state index is 0.354. The average Bonchev–Trinajstić information content (AvgIpc) is 3.53. The van der Waals surface area contributed by atoms with Gasteiger partial charge in [-0.2, -0.15) is 5.10 Å². The predicted octanol–water partition coefficient (Wildman–Crippen LogP) is 6.35. The molecule has 0 saturated carbocycles. The summed E-state index contributed by atoms with van der Waals surface area (Å²) in [6.45, 7) is 1.24. The molecule has 0 aliphatic carbocycles. The molecule has 188 valence electrons. The van der Waals surface area contributed by atoms with Crippen LogP contribution in [0.15, 0.2) is 108 Å². The highest BCUT2D eigenvalue weighted by atomic mass is 19.1. The molecule has 0 amide bonds. The third-order valence-corrected chi connectivity index (χ3v) is 6.10. The lowest BCUT2D eigenvalue weighted by atomic mass is 10.1. The Morgan fingerprint density at radius 1 is 0.946 bits per heavy atom. The monoisotopic (exact) mass is 497 g/mol. The number of rotatable bonds is 10. The summed E-state index contributed by atoms with van der Waals surface area (Å²) in [7, 11) is 1.81. The number of ether oxygens (including phenoxy) is 1. The Hall–Kier alpha value is -4.20. The molecule has 1 unspecified atom stereocenters. The molecule has 1 N–H and O–H groups in total. The molecule has 0 radical (unpaired) electrons. The maximum absolute atomic E-state index is 13.9. The summed E-state index contributed by atoms with van der Waals surface area (Å²) in [5, 5.41) is 15.8. The second-order valence-electron chi connectivity index (χ2n) is 8.86. The van der Waals surface area contributed by atoms with Crippen molar-refractivity contribution in [2.24, 2.45) is 7.05 Å². The standard InChI is InChI=1S/C30H28FN3O3/c1-33-30(37-25-15-8-14-24(31)18-25)27(29(32-33)23-12-6-3-7-13-23)20-34(19-26-16-9-17-36-26)21-28(35)22-10-4-2-5-11-22/h2-18,28,35H,19-21H2,1H3. The van der Waals surface area contributed by atoms with E-state index in [1.165, 1.54) is 12.1 Å².